The second-order valence-corrected chi connectivity index (χ2v) is 11.5. The Hall–Kier alpha value is -1.33. The Morgan fingerprint density at radius 1 is 0.778 bits per heavy atom. The van der Waals surface area contributed by atoms with Crippen LogP contribution in [0.2, 0.25) is 0 Å². The minimum Gasteiger partial charge on any atom is -0.416 e. The molecule has 2 rings (SSSR count). The SMILES string of the molecule is CC(=O)N(C)c1c(I)c(C(=O)Oc2c(F)c(F)c(S(=O)(=O)O)c(F)c2F)c(I)c(N(C)C(C)=O)c1I. The number of halogens is 7. The van der Waals surface area contributed by atoms with Gasteiger partial charge in [0.2, 0.25) is 29.2 Å². The minimum atomic E-state index is -5.72. The molecule has 0 aliphatic heterocycles. The molecule has 0 aliphatic rings. The molecule has 1 N–H and O–H groups in total. The van der Waals surface area contributed by atoms with E-state index in [0.717, 1.165) is 9.80 Å². The number of hydrogen-bond donors (Lipinski definition) is 1. The summed E-state index contributed by atoms with van der Waals surface area (Å²) in [5.74, 6) is -14.2. The average Bonchev–Trinajstić information content (AvgIpc) is 2.74. The lowest BCUT2D eigenvalue weighted by molar-refractivity contribution is -0.117. The van der Waals surface area contributed by atoms with Crippen molar-refractivity contribution in [2.45, 2.75) is 18.7 Å². The van der Waals surface area contributed by atoms with Crippen LogP contribution in [0, 0.1) is 34.0 Å². The highest BCUT2D eigenvalue weighted by Crippen LogP contribution is 2.43. The fourth-order valence-electron chi connectivity index (χ4n) is 2.77. The van der Waals surface area contributed by atoms with Gasteiger partial charge >= 0.3 is 16.1 Å². The van der Waals surface area contributed by atoms with Gasteiger partial charge in [0, 0.05) is 27.9 Å². The van der Waals surface area contributed by atoms with E-state index in [1.165, 1.54) is 27.9 Å². The minimum absolute atomic E-state index is 0.0288. The Kier molecular flexibility index (Phi) is 9.60. The largest absolute Gasteiger partial charge is 0.416 e. The number of carbonyl (C=O) groups is 3. The Bertz CT molecular complexity index is 1360. The first-order valence-corrected chi connectivity index (χ1v) is 13.8. The summed E-state index contributed by atoms with van der Waals surface area (Å²) in [4.78, 5) is 37.2. The number of ether oxygens (including phenoxy) is 1. The Morgan fingerprint density at radius 2 is 1.14 bits per heavy atom. The van der Waals surface area contributed by atoms with E-state index in [2.05, 4.69) is 4.74 Å². The lowest BCUT2D eigenvalue weighted by atomic mass is 10.1. The number of amides is 2. The molecule has 0 heterocycles. The summed E-state index contributed by atoms with van der Waals surface area (Å²) in [6.07, 6.45) is 0. The van der Waals surface area contributed by atoms with Crippen molar-refractivity contribution in [3.8, 4) is 5.75 Å². The molecule has 0 atom stereocenters. The highest BCUT2D eigenvalue weighted by atomic mass is 127. The second-order valence-electron chi connectivity index (χ2n) is 6.95. The first-order chi connectivity index (χ1) is 16.4. The maximum Gasteiger partial charge on any atom is 0.346 e. The molecular weight excluding hydrogens is 857 g/mol. The molecule has 0 unspecified atom stereocenters. The van der Waals surface area contributed by atoms with Crippen LogP contribution in [-0.4, -0.2) is 44.8 Å². The molecular formula is C19H13F4I3N2O7S. The first kappa shape index (κ1) is 30.9. The maximum atomic E-state index is 14.5. The topological polar surface area (TPSA) is 121 Å². The summed E-state index contributed by atoms with van der Waals surface area (Å²) >= 11 is 5.13. The number of benzene rings is 2. The molecule has 0 fully saturated rings. The number of rotatable bonds is 5. The zero-order valence-corrected chi connectivity index (χ0v) is 25.6. The summed E-state index contributed by atoms with van der Waals surface area (Å²) < 4.78 is 93.4. The van der Waals surface area contributed by atoms with Crippen LogP contribution < -0.4 is 14.5 Å². The van der Waals surface area contributed by atoms with E-state index in [1.807, 2.05) is 22.6 Å². The average molecular weight is 870 g/mol. The van der Waals surface area contributed by atoms with Gasteiger partial charge in [-0.15, -0.1) is 0 Å². The van der Waals surface area contributed by atoms with Gasteiger partial charge in [-0.05, 0) is 67.8 Å². The van der Waals surface area contributed by atoms with Crippen LogP contribution in [0.1, 0.15) is 24.2 Å². The second kappa shape index (κ2) is 11.2. The van der Waals surface area contributed by atoms with E-state index >= 15 is 0 Å². The van der Waals surface area contributed by atoms with Gasteiger partial charge in [0.05, 0.1) is 27.6 Å². The smallest absolute Gasteiger partial charge is 0.346 e. The first-order valence-electron chi connectivity index (χ1n) is 9.10. The van der Waals surface area contributed by atoms with Crippen molar-refractivity contribution < 1.29 is 49.7 Å². The molecule has 0 spiro atoms. The number of esters is 1. The maximum absolute atomic E-state index is 14.5. The van der Waals surface area contributed by atoms with Crippen LogP contribution in [-0.2, 0) is 19.7 Å². The number of carbonyl (C=O) groups excluding carboxylic acids is 3. The summed E-state index contributed by atoms with van der Waals surface area (Å²) in [5.41, 5.74) is -0.167. The fourth-order valence-corrected chi connectivity index (χ4v) is 8.46. The summed E-state index contributed by atoms with van der Waals surface area (Å²) in [7, 11) is -3.00. The zero-order chi connectivity index (χ0) is 28.0. The Labute approximate surface area is 242 Å². The third kappa shape index (κ3) is 5.57. The standard InChI is InChI=1S/C19H13F4I3N2O7S/c1-5(29)27(3)15-12(24)7(13(25)16(14(15)26)28(4)6(2)30)19(31)35-17-8(20)10(22)18(36(32,33)34)11(23)9(17)21/h1-4H3,(H,32,33,34). The molecule has 0 radical (unpaired) electrons. The predicted octanol–water partition coefficient (Wildman–Crippen LogP) is 4.49. The van der Waals surface area contributed by atoms with Gasteiger partial charge in [-0.25, -0.2) is 13.6 Å². The van der Waals surface area contributed by atoms with Gasteiger partial charge in [0.25, 0.3) is 0 Å². The van der Waals surface area contributed by atoms with Crippen molar-refractivity contribution in [1.82, 2.24) is 0 Å². The van der Waals surface area contributed by atoms with Crippen molar-refractivity contribution in [2.24, 2.45) is 0 Å². The molecule has 0 aliphatic carbocycles. The van der Waals surface area contributed by atoms with Gasteiger partial charge in [0.1, 0.15) is 0 Å². The Balaban J connectivity index is 2.87. The van der Waals surface area contributed by atoms with Gasteiger partial charge in [-0.3, -0.25) is 14.1 Å². The molecule has 0 aromatic heterocycles. The van der Waals surface area contributed by atoms with Gasteiger partial charge < -0.3 is 14.5 Å². The molecule has 17 heteroatoms. The molecule has 36 heavy (non-hydrogen) atoms. The summed E-state index contributed by atoms with van der Waals surface area (Å²) in [6, 6.07) is 0. The third-order valence-electron chi connectivity index (χ3n) is 4.73. The molecule has 9 nitrogen and oxygen atoms in total. The summed E-state index contributed by atoms with van der Waals surface area (Å²) in [5, 5.41) is 0. The molecule has 2 amide bonds. The van der Waals surface area contributed by atoms with Gasteiger partial charge in [-0.1, -0.05) is 0 Å². The van der Waals surface area contributed by atoms with Crippen LogP contribution in [0.15, 0.2) is 4.90 Å². The van der Waals surface area contributed by atoms with E-state index in [4.69, 9.17) is 4.55 Å². The van der Waals surface area contributed by atoms with E-state index in [9.17, 15) is 40.4 Å². The Morgan fingerprint density at radius 3 is 1.44 bits per heavy atom. The fraction of sp³-hybridized carbons (Fsp3) is 0.211. The van der Waals surface area contributed by atoms with Crippen molar-refractivity contribution in [3.63, 3.8) is 0 Å². The van der Waals surface area contributed by atoms with Crippen LogP contribution in [0.5, 0.6) is 5.75 Å². The van der Waals surface area contributed by atoms with E-state index in [1.54, 1.807) is 45.2 Å². The third-order valence-corrected chi connectivity index (χ3v) is 8.72. The lowest BCUT2D eigenvalue weighted by Gasteiger charge is -2.27. The van der Waals surface area contributed by atoms with Crippen molar-refractivity contribution >= 4 is 107 Å². The van der Waals surface area contributed by atoms with Gasteiger partial charge in [0.15, 0.2) is 16.5 Å². The van der Waals surface area contributed by atoms with E-state index < -0.39 is 67.4 Å². The number of hydrogen-bond acceptors (Lipinski definition) is 6. The van der Waals surface area contributed by atoms with Crippen LogP contribution in [0.3, 0.4) is 0 Å². The highest BCUT2D eigenvalue weighted by Gasteiger charge is 2.36. The van der Waals surface area contributed by atoms with Crippen molar-refractivity contribution in [2.75, 3.05) is 23.9 Å². The predicted molar refractivity (Wildman–Crippen MR) is 144 cm³/mol. The van der Waals surface area contributed by atoms with E-state index in [-0.39, 0.29) is 18.5 Å². The van der Waals surface area contributed by atoms with Crippen LogP contribution in [0.4, 0.5) is 28.9 Å². The molecule has 0 bridgehead atoms. The quantitative estimate of drug-likeness (QED) is 0.118. The van der Waals surface area contributed by atoms with E-state index in [0.29, 0.717) is 3.57 Å². The molecule has 2 aromatic carbocycles. The lowest BCUT2D eigenvalue weighted by Crippen LogP contribution is -2.31. The normalized spacial score (nSPS) is 11.3. The van der Waals surface area contributed by atoms with Crippen molar-refractivity contribution in [3.05, 3.63) is 39.5 Å². The highest BCUT2D eigenvalue weighted by molar-refractivity contribution is 14.1. The van der Waals surface area contributed by atoms with Crippen LogP contribution >= 0.6 is 67.8 Å². The van der Waals surface area contributed by atoms with Crippen LogP contribution in [0.25, 0.3) is 0 Å². The monoisotopic (exact) mass is 870 g/mol. The molecule has 196 valence electrons. The number of anilines is 2. The molecule has 2 aromatic rings. The van der Waals surface area contributed by atoms with Crippen molar-refractivity contribution in [1.29, 1.82) is 0 Å². The molecule has 0 saturated carbocycles. The zero-order valence-electron chi connectivity index (χ0n) is 18.3. The number of nitrogens with zero attached hydrogens (tertiary/aromatic N) is 2. The molecule has 0 saturated heterocycles. The van der Waals surface area contributed by atoms with Gasteiger partial charge in [-0.2, -0.15) is 17.2 Å². The summed E-state index contributed by atoms with van der Waals surface area (Å²) in [6.45, 7) is 2.42.